The second-order valence-corrected chi connectivity index (χ2v) is 5.60. The zero-order valence-corrected chi connectivity index (χ0v) is 12.2. The molecule has 0 radical (unpaired) electrons. The largest absolute Gasteiger partial charge is 0.380 e. The number of ether oxygens (including phenoxy) is 1. The molecule has 5 nitrogen and oxygen atoms in total. The molecule has 2 heterocycles. The molecular formula is C16H21N3O2. The Balaban J connectivity index is 1.68. The van der Waals surface area contributed by atoms with E-state index in [-0.39, 0.29) is 12.0 Å². The average Bonchev–Trinajstić information content (AvgIpc) is 3.14. The zero-order valence-electron chi connectivity index (χ0n) is 12.2. The number of carbonyl (C=O) groups excluding carboxylic acids is 1. The molecule has 0 aliphatic carbocycles. The molecule has 21 heavy (non-hydrogen) atoms. The number of nitrogens with zero attached hydrogens (tertiary/aromatic N) is 1. The number of benzene rings is 1. The summed E-state index contributed by atoms with van der Waals surface area (Å²) in [6.07, 6.45) is 3.54. The lowest BCUT2D eigenvalue weighted by Crippen LogP contribution is -2.44. The fourth-order valence-corrected chi connectivity index (χ4v) is 2.98. The van der Waals surface area contributed by atoms with E-state index in [1.165, 1.54) is 0 Å². The molecule has 1 aromatic carbocycles. The molecule has 3 N–H and O–H groups in total. The molecule has 1 saturated heterocycles. The van der Waals surface area contributed by atoms with E-state index in [4.69, 9.17) is 10.5 Å². The van der Waals surface area contributed by atoms with Crippen molar-refractivity contribution in [1.82, 2.24) is 9.88 Å². The molecule has 1 fully saturated rings. The monoisotopic (exact) mass is 287 g/mol. The number of fused-ring (bicyclic) bond motifs is 1. The van der Waals surface area contributed by atoms with Crippen molar-refractivity contribution in [2.45, 2.75) is 25.0 Å². The summed E-state index contributed by atoms with van der Waals surface area (Å²) >= 11 is 0. The summed E-state index contributed by atoms with van der Waals surface area (Å²) in [5.41, 5.74) is 8.29. The third-order valence-electron chi connectivity index (χ3n) is 4.22. The summed E-state index contributed by atoms with van der Waals surface area (Å²) in [4.78, 5) is 17.4. The summed E-state index contributed by atoms with van der Waals surface area (Å²) in [5, 5.41) is 1.14. The topological polar surface area (TPSA) is 71.3 Å². The van der Waals surface area contributed by atoms with Crippen molar-refractivity contribution in [1.29, 1.82) is 0 Å². The van der Waals surface area contributed by atoms with Crippen LogP contribution in [0.1, 0.15) is 12.0 Å². The number of likely N-dealkylation sites (tertiary alicyclic amines) is 1. The van der Waals surface area contributed by atoms with E-state index in [1.54, 1.807) is 7.11 Å². The highest BCUT2D eigenvalue weighted by Crippen LogP contribution is 2.20. The maximum absolute atomic E-state index is 12.4. The van der Waals surface area contributed by atoms with Gasteiger partial charge in [-0.1, -0.05) is 18.2 Å². The van der Waals surface area contributed by atoms with E-state index < -0.39 is 6.04 Å². The van der Waals surface area contributed by atoms with Crippen molar-refractivity contribution >= 4 is 16.8 Å². The first-order valence-corrected chi connectivity index (χ1v) is 7.31. The quantitative estimate of drug-likeness (QED) is 0.890. The van der Waals surface area contributed by atoms with Crippen LogP contribution in [0.25, 0.3) is 10.9 Å². The molecular weight excluding hydrogens is 266 g/mol. The van der Waals surface area contributed by atoms with Crippen LogP contribution in [0.3, 0.4) is 0 Å². The highest BCUT2D eigenvalue weighted by molar-refractivity contribution is 5.86. The normalized spacial score (nSPS) is 20.1. The van der Waals surface area contributed by atoms with E-state index in [0.717, 1.165) is 29.4 Å². The number of H-pyrrole nitrogens is 1. The van der Waals surface area contributed by atoms with Gasteiger partial charge in [0.2, 0.25) is 5.91 Å². The molecule has 0 saturated carbocycles. The first-order valence-electron chi connectivity index (χ1n) is 7.31. The van der Waals surface area contributed by atoms with Gasteiger partial charge in [-0.3, -0.25) is 4.79 Å². The maximum Gasteiger partial charge on any atom is 0.239 e. The lowest BCUT2D eigenvalue weighted by atomic mass is 10.0. The molecule has 1 unspecified atom stereocenters. The Morgan fingerprint density at radius 3 is 3.10 bits per heavy atom. The minimum atomic E-state index is -0.500. The van der Waals surface area contributed by atoms with Crippen LogP contribution in [0.5, 0.6) is 0 Å². The van der Waals surface area contributed by atoms with E-state index >= 15 is 0 Å². The van der Waals surface area contributed by atoms with Crippen molar-refractivity contribution in [3.05, 3.63) is 36.0 Å². The number of hydrogen-bond donors (Lipinski definition) is 2. The van der Waals surface area contributed by atoms with E-state index in [0.29, 0.717) is 13.0 Å². The Morgan fingerprint density at radius 1 is 1.52 bits per heavy atom. The SMILES string of the molecule is COC1CCN(C(=O)[C@H](N)Cc2c[nH]c3ccccc23)C1. The number of aromatic amines is 1. The number of carbonyl (C=O) groups is 1. The number of hydrogen-bond acceptors (Lipinski definition) is 3. The Bertz CT molecular complexity index is 637. The van der Waals surface area contributed by atoms with Gasteiger partial charge in [0.1, 0.15) is 0 Å². The van der Waals surface area contributed by atoms with Crippen LogP contribution in [0.2, 0.25) is 0 Å². The molecule has 0 bridgehead atoms. The Kier molecular flexibility index (Phi) is 3.94. The number of methoxy groups -OCH3 is 1. The lowest BCUT2D eigenvalue weighted by molar-refractivity contribution is -0.131. The third-order valence-corrected chi connectivity index (χ3v) is 4.22. The van der Waals surface area contributed by atoms with Crippen LogP contribution in [0.15, 0.2) is 30.5 Å². The highest BCUT2D eigenvalue weighted by Gasteiger charge is 2.29. The average molecular weight is 287 g/mol. The van der Waals surface area contributed by atoms with Crippen molar-refractivity contribution < 1.29 is 9.53 Å². The molecule has 1 amide bonds. The molecule has 0 spiro atoms. The van der Waals surface area contributed by atoms with E-state index in [9.17, 15) is 4.79 Å². The van der Waals surface area contributed by atoms with Crippen LogP contribution in [0, 0.1) is 0 Å². The Morgan fingerprint density at radius 2 is 2.33 bits per heavy atom. The minimum absolute atomic E-state index is 0.0137. The Hall–Kier alpha value is -1.85. The van der Waals surface area contributed by atoms with Gasteiger partial charge in [0, 0.05) is 37.3 Å². The molecule has 1 aromatic heterocycles. The molecule has 2 atom stereocenters. The van der Waals surface area contributed by atoms with Crippen molar-refractivity contribution in [3.8, 4) is 0 Å². The number of nitrogens with two attached hydrogens (primary N) is 1. The molecule has 2 aromatic rings. The second-order valence-electron chi connectivity index (χ2n) is 5.60. The van der Waals surface area contributed by atoms with Crippen LogP contribution in [-0.4, -0.2) is 48.1 Å². The van der Waals surface area contributed by atoms with Crippen molar-refractivity contribution in [3.63, 3.8) is 0 Å². The van der Waals surface area contributed by atoms with Gasteiger partial charge in [-0.2, -0.15) is 0 Å². The van der Waals surface area contributed by atoms with Gasteiger partial charge in [-0.25, -0.2) is 0 Å². The minimum Gasteiger partial charge on any atom is -0.380 e. The van der Waals surface area contributed by atoms with Crippen LogP contribution in [0.4, 0.5) is 0 Å². The standard InChI is InChI=1S/C16H21N3O2/c1-21-12-6-7-19(10-12)16(20)14(17)8-11-9-18-15-5-3-2-4-13(11)15/h2-5,9,12,14,18H,6-8,10,17H2,1H3/t12?,14-/m1/s1. The smallest absolute Gasteiger partial charge is 0.239 e. The summed E-state index contributed by atoms with van der Waals surface area (Å²) < 4.78 is 5.30. The van der Waals surface area contributed by atoms with Crippen LogP contribution >= 0.6 is 0 Å². The molecule has 3 rings (SSSR count). The van der Waals surface area contributed by atoms with Gasteiger partial charge in [0.15, 0.2) is 0 Å². The summed E-state index contributed by atoms with van der Waals surface area (Å²) in [7, 11) is 1.69. The summed E-state index contributed by atoms with van der Waals surface area (Å²) in [5.74, 6) is 0.0137. The molecule has 5 heteroatoms. The fourth-order valence-electron chi connectivity index (χ4n) is 2.98. The molecule has 1 aliphatic heterocycles. The summed E-state index contributed by atoms with van der Waals surface area (Å²) in [6, 6.07) is 7.56. The van der Waals surface area contributed by atoms with Crippen molar-refractivity contribution in [2.24, 2.45) is 5.73 Å². The number of aromatic nitrogens is 1. The van der Waals surface area contributed by atoms with Crippen LogP contribution < -0.4 is 5.73 Å². The first-order chi connectivity index (χ1) is 10.2. The number of amides is 1. The first kappa shape index (κ1) is 14.1. The van der Waals surface area contributed by atoms with Gasteiger partial charge in [0.25, 0.3) is 0 Å². The molecule has 1 aliphatic rings. The number of para-hydroxylation sites is 1. The highest BCUT2D eigenvalue weighted by atomic mass is 16.5. The van der Waals surface area contributed by atoms with Crippen molar-refractivity contribution in [2.75, 3.05) is 20.2 Å². The number of rotatable bonds is 4. The van der Waals surface area contributed by atoms with Gasteiger partial charge < -0.3 is 20.4 Å². The van der Waals surface area contributed by atoms with E-state index in [1.807, 2.05) is 29.3 Å². The van der Waals surface area contributed by atoms with E-state index in [2.05, 4.69) is 11.1 Å². The second kappa shape index (κ2) is 5.87. The fraction of sp³-hybridized carbons (Fsp3) is 0.438. The van der Waals surface area contributed by atoms with Gasteiger partial charge >= 0.3 is 0 Å². The molecule has 112 valence electrons. The summed E-state index contributed by atoms with van der Waals surface area (Å²) in [6.45, 7) is 1.38. The maximum atomic E-state index is 12.4. The van der Waals surface area contributed by atoms with Crippen LogP contribution in [-0.2, 0) is 16.0 Å². The predicted molar refractivity (Wildman–Crippen MR) is 82.0 cm³/mol. The Labute approximate surface area is 124 Å². The van der Waals surface area contributed by atoms with Gasteiger partial charge in [0.05, 0.1) is 12.1 Å². The third kappa shape index (κ3) is 2.80. The zero-order chi connectivity index (χ0) is 14.8. The predicted octanol–water partition coefficient (Wildman–Crippen LogP) is 1.28. The number of nitrogens with one attached hydrogen (secondary N) is 1. The van der Waals surface area contributed by atoms with Gasteiger partial charge in [-0.05, 0) is 24.5 Å². The lowest BCUT2D eigenvalue weighted by Gasteiger charge is -2.20. The van der Waals surface area contributed by atoms with Gasteiger partial charge in [-0.15, -0.1) is 0 Å².